The molecule has 1 aliphatic rings. The summed E-state index contributed by atoms with van der Waals surface area (Å²) in [5, 5.41) is 11.9. The molecule has 1 saturated heterocycles. The number of carboxylic acid groups (broad SMARTS) is 1. The van der Waals surface area contributed by atoms with Crippen LogP contribution in [0.25, 0.3) is 0 Å². The lowest BCUT2D eigenvalue weighted by molar-refractivity contribution is -0.138. The molecular weight excluding hydrogens is 287 g/mol. The van der Waals surface area contributed by atoms with Gasteiger partial charge in [-0.15, -0.1) is 0 Å². The van der Waals surface area contributed by atoms with Crippen LogP contribution in [0.5, 0.6) is 0 Å². The van der Waals surface area contributed by atoms with Crippen LogP contribution in [0.4, 0.5) is 18.9 Å². The smallest absolute Gasteiger partial charge is 0.417 e. The van der Waals surface area contributed by atoms with Crippen LogP contribution in [0, 0.1) is 0 Å². The molecule has 0 amide bonds. The van der Waals surface area contributed by atoms with Crippen molar-refractivity contribution in [3.8, 4) is 0 Å². The molecule has 1 fully saturated rings. The Morgan fingerprint density at radius 2 is 2.19 bits per heavy atom. The van der Waals surface area contributed by atoms with Gasteiger partial charge < -0.3 is 15.2 Å². The van der Waals surface area contributed by atoms with E-state index in [9.17, 15) is 18.0 Å². The Balaban J connectivity index is 2.18. The van der Waals surface area contributed by atoms with Gasteiger partial charge in [0.05, 0.1) is 16.7 Å². The van der Waals surface area contributed by atoms with Gasteiger partial charge in [-0.05, 0) is 38.0 Å². The number of carboxylic acids is 1. The van der Waals surface area contributed by atoms with Gasteiger partial charge in [0.15, 0.2) is 0 Å². The fraction of sp³-hybridized carbons (Fsp3) is 0.500. The van der Waals surface area contributed by atoms with Crippen molar-refractivity contribution in [2.24, 2.45) is 0 Å². The average Bonchev–Trinajstić information content (AvgIpc) is 2.82. The summed E-state index contributed by atoms with van der Waals surface area (Å²) in [5.74, 6) is -1.60. The number of aromatic carboxylic acids is 1. The van der Waals surface area contributed by atoms with Crippen molar-refractivity contribution >= 4 is 11.7 Å². The van der Waals surface area contributed by atoms with Crippen LogP contribution in [0.15, 0.2) is 18.2 Å². The summed E-state index contributed by atoms with van der Waals surface area (Å²) in [6, 6.07) is 3.01. The van der Waals surface area contributed by atoms with E-state index < -0.39 is 23.3 Å². The Morgan fingerprint density at radius 1 is 1.48 bits per heavy atom. The van der Waals surface area contributed by atoms with Crippen molar-refractivity contribution in [2.75, 3.05) is 18.5 Å². The number of alkyl halides is 3. The standard InChI is InChI=1S/C14H16F3NO3/c1-13(5-2-6-21-13)8-18-9-3-4-11(14(15,16)17)10(7-9)12(19)20/h3-4,7,18H,2,5-6,8H2,1H3,(H,19,20). The van der Waals surface area contributed by atoms with E-state index in [0.717, 1.165) is 25.0 Å². The van der Waals surface area contributed by atoms with Gasteiger partial charge in [-0.1, -0.05) is 0 Å². The minimum Gasteiger partial charge on any atom is -0.478 e. The molecule has 0 aliphatic carbocycles. The van der Waals surface area contributed by atoms with E-state index in [1.807, 2.05) is 6.92 Å². The second-order valence-electron chi connectivity index (χ2n) is 5.32. The summed E-state index contributed by atoms with van der Waals surface area (Å²) in [6.07, 6.45) is -2.90. The zero-order valence-corrected chi connectivity index (χ0v) is 11.5. The van der Waals surface area contributed by atoms with Crippen LogP contribution < -0.4 is 5.32 Å². The number of benzene rings is 1. The van der Waals surface area contributed by atoms with Gasteiger partial charge in [-0.3, -0.25) is 0 Å². The zero-order valence-electron chi connectivity index (χ0n) is 11.5. The number of halogens is 3. The third kappa shape index (κ3) is 3.66. The first-order valence-corrected chi connectivity index (χ1v) is 6.54. The summed E-state index contributed by atoms with van der Waals surface area (Å²) in [5.41, 5.74) is -1.95. The fourth-order valence-corrected chi connectivity index (χ4v) is 2.34. The molecule has 7 heteroatoms. The molecule has 0 bridgehead atoms. The Morgan fingerprint density at radius 3 is 2.71 bits per heavy atom. The van der Waals surface area contributed by atoms with Crippen molar-refractivity contribution < 1.29 is 27.8 Å². The zero-order chi connectivity index (χ0) is 15.7. The van der Waals surface area contributed by atoms with E-state index in [0.29, 0.717) is 18.8 Å². The Hall–Kier alpha value is -1.76. The van der Waals surface area contributed by atoms with Crippen molar-refractivity contribution in [3.63, 3.8) is 0 Å². The highest BCUT2D eigenvalue weighted by Gasteiger charge is 2.35. The molecule has 2 N–H and O–H groups in total. The molecule has 1 unspecified atom stereocenters. The lowest BCUT2D eigenvalue weighted by Crippen LogP contribution is -2.32. The molecule has 0 aromatic heterocycles. The summed E-state index contributed by atoms with van der Waals surface area (Å²) in [6.45, 7) is 2.98. The third-order valence-electron chi connectivity index (χ3n) is 3.52. The van der Waals surface area contributed by atoms with E-state index in [-0.39, 0.29) is 5.60 Å². The first-order chi connectivity index (χ1) is 9.71. The summed E-state index contributed by atoms with van der Waals surface area (Å²) >= 11 is 0. The molecule has 1 aliphatic heterocycles. The fourth-order valence-electron chi connectivity index (χ4n) is 2.34. The number of nitrogens with one attached hydrogen (secondary N) is 1. The van der Waals surface area contributed by atoms with Gasteiger partial charge in [-0.2, -0.15) is 13.2 Å². The Kier molecular flexibility index (Phi) is 4.13. The van der Waals surface area contributed by atoms with Gasteiger partial charge in [0.1, 0.15) is 0 Å². The highest BCUT2D eigenvalue weighted by atomic mass is 19.4. The number of carbonyl (C=O) groups is 1. The molecule has 116 valence electrons. The van der Waals surface area contributed by atoms with E-state index in [1.165, 1.54) is 6.07 Å². The van der Waals surface area contributed by atoms with E-state index in [2.05, 4.69) is 5.32 Å². The molecule has 2 rings (SSSR count). The third-order valence-corrected chi connectivity index (χ3v) is 3.52. The van der Waals surface area contributed by atoms with Crippen LogP contribution in [0.2, 0.25) is 0 Å². The molecule has 1 heterocycles. The average molecular weight is 303 g/mol. The summed E-state index contributed by atoms with van der Waals surface area (Å²) < 4.78 is 43.7. The lowest BCUT2D eigenvalue weighted by Gasteiger charge is -2.24. The first kappa shape index (κ1) is 15.6. The van der Waals surface area contributed by atoms with Crippen LogP contribution in [0.1, 0.15) is 35.7 Å². The van der Waals surface area contributed by atoms with Gasteiger partial charge in [0.25, 0.3) is 0 Å². The molecule has 21 heavy (non-hydrogen) atoms. The van der Waals surface area contributed by atoms with Crippen molar-refractivity contribution in [2.45, 2.75) is 31.5 Å². The molecule has 4 nitrogen and oxygen atoms in total. The number of hydrogen-bond acceptors (Lipinski definition) is 3. The van der Waals surface area contributed by atoms with Crippen molar-refractivity contribution in [1.29, 1.82) is 0 Å². The number of hydrogen-bond donors (Lipinski definition) is 2. The maximum atomic E-state index is 12.7. The number of anilines is 1. The SMILES string of the molecule is CC1(CNc2ccc(C(F)(F)F)c(C(=O)O)c2)CCCO1. The van der Waals surface area contributed by atoms with Crippen molar-refractivity contribution in [1.82, 2.24) is 0 Å². The Bertz CT molecular complexity index is 537. The molecule has 1 aromatic carbocycles. The van der Waals surface area contributed by atoms with Crippen LogP contribution in [-0.2, 0) is 10.9 Å². The van der Waals surface area contributed by atoms with E-state index >= 15 is 0 Å². The largest absolute Gasteiger partial charge is 0.478 e. The summed E-state index contributed by atoms with van der Waals surface area (Å²) in [7, 11) is 0. The Labute approximate surface area is 119 Å². The highest BCUT2D eigenvalue weighted by Crippen LogP contribution is 2.33. The molecule has 1 atom stereocenters. The normalized spacial score (nSPS) is 22.3. The number of ether oxygens (including phenoxy) is 1. The van der Waals surface area contributed by atoms with Gasteiger partial charge in [0.2, 0.25) is 0 Å². The predicted molar refractivity (Wildman–Crippen MR) is 70.5 cm³/mol. The highest BCUT2D eigenvalue weighted by molar-refractivity contribution is 5.91. The maximum Gasteiger partial charge on any atom is 0.417 e. The number of rotatable bonds is 4. The molecule has 0 radical (unpaired) electrons. The topological polar surface area (TPSA) is 58.6 Å². The van der Waals surface area contributed by atoms with Crippen LogP contribution >= 0.6 is 0 Å². The summed E-state index contributed by atoms with van der Waals surface area (Å²) in [4.78, 5) is 11.0. The van der Waals surface area contributed by atoms with Crippen molar-refractivity contribution in [3.05, 3.63) is 29.3 Å². The second kappa shape index (κ2) is 5.55. The minimum atomic E-state index is -4.69. The van der Waals surface area contributed by atoms with Gasteiger partial charge in [-0.25, -0.2) is 4.79 Å². The minimum absolute atomic E-state index is 0.331. The predicted octanol–water partition coefficient (Wildman–Crippen LogP) is 3.38. The molecule has 0 spiro atoms. The maximum absolute atomic E-state index is 12.7. The lowest BCUT2D eigenvalue weighted by atomic mass is 10.0. The first-order valence-electron chi connectivity index (χ1n) is 6.54. The van der Waals surface area contributed by atoms with Crippen LogP contribution in [-0.4, -0.2) is 29.8 Å². The van der Waals surface area contributed by atoms with Gasteiger partial charge in [0, 0.05) is 18.8 Å². The van der Waals surface area contributed by atoms with E-state index in [4.69, 9.17) is 9.84 Å². The quantitative estimate of drug-likeness (QED) is 0.895. The molecular formula is C14H16F3NO3. The molecule has 1 aromatic rings. The van der Waals surface area contributed by atoms with E-state index in [1.54, 1.807) is 0 Å². The van der Waals surface area contributed by atoms with Crippen LogP contribution in [0.3, 0.4) is 0 Å². The second-order valence-corrected chi connectivity index (χ2v) is 5.32. The molecule has 0 saturated carbocycles. The monoisotopic (exact) mass is 303 g/mol. The van der Waals surface area contributed by atoms with Gasteiger partial charge >= 0.3 is 12.1 Å².